The van der Waals surface area contributed by atoms with Crippen LogP contribution < -0.4 is 0 Å². The third-order valence-electron chi connectivity index (χ3n) is 5.55. The Morgan fingerprint density at radius 1 is 0.781 bits per heavy atom. The summed E-state index contributed by atoms with van der Waals surface area (Å²) in [4.78, 5) is 27.9. The molecule has 32 heavy (non-hydrogen) atoms. The highest BCUT2D eigenvalue weighted by molar-refractivity contribution is 7.98. The van der Waals surface area contributed by atoms with Gasteiger partial charge in [-0.05, 0) is 73.2 Å². The summed E-state index contributed by atoms with van der Waals surface area (Å²) in [6.07, 6.45) is 4.47. The first-order chi connectivity index (χ1) is 15.1. The first kappa shape index (κ1) is 24.4. The number of hydrogen-bond donors (Lipinski definition) is 2. The Morgan fingerprint density at radius 3 is 1.50 bits per heavy atom. The molecule has 2 aromatic rings. The zero-order valence-electron chi connectivity index (χ0n) is 18.5. The molecule has 0 amide bonds. The molecule has 0 unspecified atom stereocenters. The molecule has 3 rings (SSSR count). The zero-order valence-corrected chi connectivity index (χ0v) is 21.2. The lowest BCUT2D eigenvalue weighted by Crippen LogP contribution is -2.16. The summed E-state index contributed by atoms with van der Waals surface area (Å²) in [6.45, 7) is 7.19. The van der Waals surface area contributed by atoms with Gasteiger partial charge in [-0.15, -0.1) is 0 Å². The molecule has 0 spiro atoms. The van der Waals surface area contributed by atoms with Gasteiger partial charge in [-0.3, -0.25) is 9.59 Å². The minimum atomic E-state index is -4.22. The van der Waals surface area contributed by atoms with E-state index in [0.29, 0.717) is 44.9 Å². The lowest BCUT2D eigenvalue weighted by molar-refractivity contribution is 0.103. The van der Waals surface area contributed by atoms with E-state index in [-0.39, 0.29) is 5.31 Å². The van der Waals surface area contributed by atoms with Crippen molar-refractivity contribution < 1.29 is 14.2 Å². The van der Waals surface area contributed by atoms with Crippen LogP contribution in [0.4, 0.5) is 0 Å². The topological polar surface area (TPSA) is 51.2 Å². The van der Waals surface area contributed by atoms with Crippen molar-refractivity contribution >= 4 is 43.4 Å². The first-order valence-corrected chi connectivity index (χ1v) is 13.1. The van der Waals surface area contributed by atoms with Crippen molar-refractivity contribution in [2.45, 2.75) is 39.2 Å². The Morgan fingerprint density at radius 2 is 1.19 bits per heavy atom. The Kier molecular flexibility index (Phi) is 7.40. The van der Waals surface area contributed by atoms with Gasteiger partial charge in [0.2, 0.25) is 18.2 Å². The van der Waals surface area contributed by atoms with Crippen molar-refractivity contribution in [3.05, 3.63) is 104 Å². The van der Waals surface area contributed by atoms with Gasteiger partial charge >= 0.3 is 0 Å². The summed E-state index contributed by atoms with van der Waals surface area (Å²) in [5.74, 6) is 1.04. The zero-order chi connectivity index (χ0) is 23.6. The van der Waals surface area contributed by atoms with Gasteiger partial charge in [0, 0.05) is 34.0 Å². The number of hydrogen-bond acceptors (Lipinski definition) is 5. The van der Waals surface area contributed by atoms with Gasteiger partial charge in [0.1, 0.15) is 0 Å². The van der Waals surface area contributed by atoms with E-state index in [1.165, 1.54) is 18.2 Å². The van der Waals surface area contributed by atoms with Crippen molar-refractivity contribution in [1.29, 1.82) is 0 Å². The Hall–Kier alpha value is -2.25. The molecule has 3 nitrogen and oxygen atoms in total. The molecule has 1 aliphatic carbocycles. The molecule has 6 heteroatoms. The van der Waals surface area contributed by atoms with Crippen LogP contribution in [0.15, 0.2) is 59.3 Å². The standard InChI is InChI=1S/C26H25O3PS2/c1-16-10-20(14-31)11-17(2)23(16)25(27)30(29,22-8-6-5-7-9-22)26(28)24-18(3)12-21(15-32)13-19(24)4/h6,8-13,31-32H,14-15H2,1-4H3. The second kappa shape index (κ2) is 9.71. The first-order valence-electron chi connectivity index (χ1n) is 10.1. The molecule has 0 N–H and O–H groups in total. The highest BCUT2D eigenvalue weighted by atomic mass is 32.1. The summed E-state index contributed by atoms with van der Waals surface area (Å²) < 4.78 is 14.6. The molecular formula is C26H25O3PS2. The second-order valence-corrected chi connectivity index (χ2v) is 11.1. The average Bonchev–Trinajstić information content (AvgIpc) is 2.77. The predicted molar refractivity (Wildman–Crippen MR) is 138 cm³/mol. The summed E-state index contributed by atoms with van der Waals surface area (Å²) >= 11 is 8.63. The lowest BCUT2D eigenvalue weighted by atomic mass is 10.0. The van der Waals surface area contributed by atoms with E-state index in [2.05, 4.69) is 36.7 Å². The van der Waals surface area contributed by atoms with Gasteiger partial charge in [-0.2, -0.15) is 25.3 Å². The summed E-state index contributed by atoms with van der Waals surface area (Å²) in [6, 6.07) is 7.41. The highest BCUT2D eigenvalue weighted by Crippen LogP contribution is 2.60. The van der Waals surface area contributed by atoms with Gasteiger partial charge in [0.05, 0.1) is 0 Å². The average molecular weight is 481 g/mol. The molecule has 0 aromatic heterocycles. The SMILES string of the molecule is Cc1cc(CS)cc(C)c1C(=O)P(=O)(C(=O)c1c(C)cc(CS)cc1C)C1=CC=C=C=C1. The van der Waals surface area contributed by atoms with Crippen LogP contribution in [0.2, 0.25) is 0 Å². The van der Waals surface area contributed by atoms with Crippen LogP contribution in [-0.4, -0.2) is 11.0 Å². The van der Waals surface area contributed by atoms with E-state index >= 15 is 0 Å². The normalized spacial score (nSPS) is 12.8. The monoisotopic (exact) mass is 480 g/mol. The van der Waals surface area contributed by atoms with E-state index in [1.807, 2.05) is 24.3 Å². The third kappa shape index (κ3) is 4.33. The number of carbonyl (C=O) groups excluding carboxylic acids is 2. The van der Waals surface area contributed by atoms with Crippen molar-refractivity contribution in [2.75, 3.05) is 0 Å². The van der Waals surface area contributed by atoms with Crippen LogP contribution in [0.3, 0.4) is 0 Å². The van der Waals surface area contributed by atoms with Crippen molar-refractivity contribution in [1.82, 2.24) is 0 Å². The van der Waals surface area contributed by atoms with Gasteiger partial charge in [0.25, 0.3) is 0 Å². The van der Waals surface area contributed by atoms with Crippen molar-refractivity contribution in [3.63, 3.8) is 0 Å². The smallest absolute Gasteiger partial charge is 0.249 e. The maximum Gasteiger partial charge on any atom is 0.249 e. The predicted octanol–water partition coefficient (Wildman–Crippen LogP) is 6.89. The molecule has 1 aliphatic rings. The number of thiol groups is 2. The quantitative estimate of drug-likeness (QED) is 0.258. The molecule has 0 fully saturated rings. The Labute approximate surface area is 200 Å². The maximum absolute atomic E-state index is 14.6. The molecule has 0 atom stereocenters. The lowest BCUT2D eigenvalue weighted by Gasteiger charge is -2.22. The summed E-state index contributed by atoms with van der Waals surface area (Å²) in [5, 5.41) is 0.167. The number of allylic oxidation sites excluding steroid dienone is 4. The van der Waals surface area contributed by atoms with Crippen LogP contribution in [-0.2, 0) is 16.1 Å². The minimum Gasteiger partial charge on any atom is -0.302 e. The molecule has 0 aliphatic heterocycles. The van der Waals surface area contributed by atoms with Crippen LogP contribution in [0, 0.1) is 27.7 Å². The fourth-order valence-electron chi connectivity index (χ4n) is 4.14. The van der Waals surface area contributed by atoms with Gasteiger partial charge in [0.15, 0.2) is 0 Å². The molecule has 2 aromatic carbocycles. The van der Waals surface area contributed by atoms with Crippen LogP contribution in [0.25, 0.3) is 0 Å². The van der Waals surface area contributed by atoms with Gasteiger partial charge in [-0.1, -0.05) is 35.7 Å². The van der Waals surface area contributed by atoms with Gasteiger partial charge in [-0.25, -0.2) is 0 Å². The number of aryl methyl sites for hydroxylation is 4. The fourth-order valence-corrected chi connectivity index (χ4v) is 7.02. The second-order valence-electron chi connectivity index (χ2n) is 7.94. The van der Waals surface area contributed by atoms with E-state index < -0.39 is 18.2 Å². The van der Waals surface area contributed by atoms with E-state index in [4.69, 9.17) is 0 Å². The molecule has 0 saturated carbocycles. The fraction of sp³-hybridized carbons (Fsp3) is 0.231. The van der Waals surface area contributed by atoms with Crippen LogP contribution in [0.5, 0.6) is 0 Å². The van der Waals surface area contributed by atoms with E-state index in [0.717, 1.165) is 11.1 Å². The molecule has 0 bridgehead atoms. The number of rotatable bonds is 7. The van der Waals surface area contributed by atoms with E-state index in [9.17, 15) is 14.2 Å². The Balaban J connectivity index is 2.27. The van der Waals surface area contributed by atoms with Gasteiger partial charge < -0.3 is 4.57 Å². The van der Waals surface area contributed by atoms with Crippen molar-refractivity contribution in [2.24, 2.45) is 0 Å². The summed E-state index contributed by atoms with van der Waals surface area (Å²) in [5.41, 5.74) is 9.47. The van der Waals surface area contributed by atoms with E-state index in [1.54, 1.807) is 27.7 Å². The molecule has 164 valence electrons. The maximum atomic E-state index is 14.6. The number of carbonyl (C=O) groups is 2. The third-order valence-corrected chi connectivity index (χ3v) is 8.88. The molecule has 0 heterocycles. The van der Waals surface area contributed by atoms with Crippen molar-refractivity contribution in [3.8, 4) is 0 Å². The Bertz CT molecular complexity index is 1200. The molecule has 0 saturated heterocycles. The minimum absolute atomic E-state index is 0.167. The highest BCUT2D eigenvalue weighted by Gasteiger charge is 2.45. The molecular weight excluding hydrogens is 455 g/mol. The van der Waals surface area contributed by atoms with Crippen LogP contribution in [0.1, 0.15) is 54.1 Å². The summed E-state index contributed by atoms with van der Waals surface area (Å²) in [7, 11) is -4.22. The van der Waals surface area contributed by atoms with Crippen LogP contribution >= 0.6 is 32.4 Å². The number of benzene rings is 2. The molecule has 0 radical (unpaired) electrons. The largest absolute Gasteiger partial charge is 0.302 e.